The molecule has 246 valence electrons. The first kappa shape index (κ1) is 31.1. The molecule has 0 unspecified atom stereocenters. The molecule has 1 fully saturated rings. The number of anilines is 2. The molecule has 0 atom stereocenters. The summed E-state index contributed by atoms with van der Waals surface area (Å²) in [5.41, 5.74) is 2.86. The van der Waals surface area contributed by atoms with Crippen LogP contribution in [0.3, 0.4) is 0 Å². The Balaban J connectivity index is 1.29. The standard InChI is InChI=1S/C34H33FN8O5/c1-19(2)21-10-22-14-36-43(34(46)32(22)27(35)11-21)30-7-5-6-25(26(30)18-48-20(3)44)28-13-29(33(45)40(4)38-28)37-31-12-23-15-41(24-16-47-17-24)8-9-42(23)39-31/h5-7,10-14,24H,1,8-9,15-18H2,2-4H3,(H,37,39). The van der Waals surface area contributed by atoms with E-state index in [1.165, 1.54) is 30.9 Å². The first-order valence-electron chi connectivity index (χ1n) is 15.4. The minimum absolute atomic E-state index is 0.141. The summed E-state index contributed by atoms with van der Waals surface area (Å²) in [5, 5.41) is 16.9. The van der Waals surface area contributed by atoms with Crippen LogP contribution in [0.2, 0.25) is 0 Å². The van der Waals surface area contributed by atoms with Crippen LogP contribution < -0.4 is 16.4 Å². The number of carbonyl (C=O) groups excluding carboxylic acids is 1. The molecule has 2 aromatic carbocycles. The van der Waals surface area contributed by atoms with E-state index in [0.29, 0.717) is 45.2 Å². The minimum atomic E-state index is -0.703. The topological polar surface area (TPSA) is 138 Å². The second-order valence-corrected chi connectivity index (χ2v) is 12.1. The van der Waals surface area contributed by atoms with E-state index in [1.54, 1.807) is 37.3 Å². The molecule has 0 spiro atoms. The molecule has 7 rings (SSSR count). The lowest BCUT2D eigenvalue weighted by atomic mass is 10.0. The zero-order chi connectivity index (χ0) is 33.7. The molecule has 3 aromatic heterocycles. The Labute approximate surface area is 273 Å². The van der Waals surface area contributed by atoms with Crippen molar-refractivity contribution in [2.24, 2.45) is 7.05 Å². The van der Waals surface area contributed by atoms with Crippen molar-refractivity contribution in [1.29, 1.82) is 0 Å². The number of aromatic nitrogens is 6. The Hall–Kier alpha value is -5.47. The second kappa shape index (κ2) is 12.3. The molecular weight excluding hydrogens is 619 g/mol. The number of fused-ring (bicyclic) bond motifs is 2. The lowest BCUT2D eigenvalue weighted by Gasteiger charge is -2.39. The van der Waals surface area contributed by atoms with Crippen LogP contribution in [-0.4, -0.2) is 66.0 Å². The van der Waals surface area contributed by atoms with Crippen molar-refractivity contribution >= 4 is 33.8 Å². The predicted molar refractivity (Wildman–Crippen MR) is 176 cm³/mol. The predicted octanol–water partition coefficient (Wildman–Crippen LogP) is 3.54. The highest BCUT2D eigenvalue weighted by Gasteiger charge is 2.30. The van der Waals surface area contributed by atoms with Crippen LogP contribution in [-0.2, 0) is 41.0 Å². The molecule has 0 aliphatic carbocycles. The van der Waals surface area contributed by atoms with Gasteiger partial charge in [0.15, 0.2) is 5.82 Å². The van der Waals surface area contributed by atoms with E-state index >= 15 is 4.39 Å². The molecule has 1 saturated heterocycles. The van der Waals surface area contributed by atoms with E-state index in [-0.39, 0.29) is 28.9 Å². The number of hydrogen-bond donors (Lipinski definition) is 1. The van der Waals surface area contributed by atoms with Crippen LogP contribution in [0, 0.1) is 5.82 Å². The van der Waals surface area contributed by atoms with Crippen molar-refractivity contribution in [2.75, 3.05) is 25.1 Å². The van der Waals surface area contributed by atoms with Gasteiger partial charge in [0.1, 0.15) is 18.1 Å². The first-order valence-corrected chi connectivity index (χ1v) is 15.4. The van der Waals surface area contributed by atoms with E-state index in [0.717, 1.165) is 43.2 Å². The van der Waals surface area contributed by atoms with Gasteiger partial charge in [-0.2, -0.15) is 20.0 Å². The molecule has 0 saturated carbocycles. The molecule has 5 heterocycles. The molecule has 5 aromatic rings. The number of carbonyl (C=O) groups is 1. The lowest BCUT2D eigenvalue weighted by Crippen LogP contribution is -2.51. The molecule has 0 bridgehead atoms. The molecular formula is C34H33FN8O5. The summed E-state index contributed by atoms with van der Waals surface area (Å²) in [6.45, 7) is 10.4. The number of aryl methyl sites for hydroxylation is 1. The zero-order valence-corrected chi connectivity index (χ0v) is 26.7. The van der Waals surface area contributed by atoms with Crippen molar-refractivity contribution < 1.29 is 18.7 Å². The van der Waals surface area contributed by atoms with Crippen molar-refractivity contribution in [1.82, 2.24) is 34.2 Å². The normalized spacial score (nSPS) is 14.8. The van der Waals surface area contributed by atoms with E-state index in [2.05, 4.69) is 32.1 Å². The first-order chi connectivity index (χ1) is 23.1. The van der Waals surface area contributed by atoms with E-state index in [1.807, 2.05) is 10.7 Å². The van der Waals surface area contributed by atoms with Gasteiger partial charge in [-0.3, -0.25) is 24.0 Å². The summed E-state index contributed by atoms with van der Waals surface area (Å²) in [7, 11) is 1.53. The van der Waals surface area contributed by atoms with Gasteiger partial charge < -0.3 is 14.8 Å². The quantitative estimate of drug-likeness (QED) is 0.248. The maximum Gasteiger partial charge on any atom is 0.302 e. The third-order valence-corrected chi connectivity index (χ3v) is 8.70. The zero-order valence-electron chi connectivity index (χ0n) is 26.7. The fraction of sp³-hybridized carbons (Fsp3) is 0.294. The maximum atomic E-state index is 15.3. The summed E-state index contributed by atoms with van der Waals surface area (Å²) >= 11 is 0. The number of benzene rings is 2. The van der Waals surface area contributed by atoms with Crippen LogP contribution in [0.1, 0.15) is 30.7 Å². The van der Waals surface area contributed by atoms with Gasteiger partial charge in [-0.15, -0.1) is 0 Å². The van der Waals surface area contributed by atoms with Gasteiger partial charge >= 0.3 is 5.97 Å². The van der Waals surface area contributed by atoms with Crippen LogP contribution in [0.25, 0.3) is 33.3 Å². The van der Waals surface area contributed by atoms with Crippen LogP contribution in [0.4, 0.5) is 15.9 Å². The lowest BCUT2D eigenvalue weighted by molar-refractivity contribution is -0.142. The van der Waals surface area contributed by atoms with Gasteiger partial charge in [0.05, 0.1) is 54.5 Å². The number of rotatable bonds is 8. The Morgan fingerprint density at radius 1 is 1.10 bits per heavy atom. The van der Waals surface area contributed by atoms with Crippen molar-refractivity contribution in [3.05, 3.63) is 98.6 Å². The summed E-state index contributed by atoms with van der Waals surface area (Å²) in [4.78, 5) is 41.3. The molecule has 2 aliphatic rings. The van der Waals surface area contributed by atoms with Crippen LogP contribution in [0.15, 0.2) is 64.8 Å². The average Bonchev–Trinajstić information content (AvgIpc) is 3.42. The van der Waals surface area contributed by atoms with Crippen molar-refractivity contribution in [3.8, 4) is 16.9 Å². The fourth-order valence-electron chi connectivity index (χ4n) is 6.05. The monoisotopic (exact) mass is 652 g/mol. The second-order valence-electron chi connectivity index (χ2n) is 12.1. The Bertz CT molecular complexity index is 2240. The molecule has 1 N–H and O–H groups in total. The van der Waals surface area contributed by atoms with Crippen LogP contribution >= 0.6 is 0 Å². The average molecular weight is 653 g/mol. The van der Waals surface area contributed by atoms with Gasteiger partial charge in [-0.25, -0.2) is 9.07 Å². The van der Waals surface area contributed by atoms with Crippen molar-refractivity contribution in [3.63, 3.8) is 0 Å². The Morgan fingerprint density at radius 2 is 1.92 bits per heavy atom. The van der Waals surface area contributed by atoms with Gasteiger partial charge in [0, 0.05) is 49.6 Å². The van der Waals surface area contributed by atoms with Crippen LogP contribution in [0.5, 0.6) is 0 Å². The highest BCUT2D eigenvalue weighted by atomic mass is 19.1. The smallest absolute Gasteiger partial charge is 0.302 e. The highest BCUT2D eigenvalue weighted by molar-refractivity contribution is 5.85. The molecule has 14 heteroatoms. The van der Waals surface area contributed by atoms with E-state index < -0.39 is 17.3 Å². The Morgan fingerprint density at radius 3 is 2.65 bits per heavy atom. The molecule has 2 aliphatic heterocycles. The molecule has 48 heavy (non-hydrogen) atoms. The third kappa shape index (κ3) is 5.69. The fourth-order valence-corrected chi connectivity index (χ4v) is 6.05. The SMILES string of the molecule is C=C(C)c1cc(F)c2c(=O)n(-c3cccc(-c4cc(Nc5cc6n(n5)CCN(C5COC5)C6)c(=O)n(C)n4)c3COC(C)=O)ncc2c1. The van der Waals surface area contributed by atoms with Crippen molar-refractivity contribution in [2.45, 2.75) is 39.6 Å². The number of ether oxygens (including phenoxy) is 2. The van der Waals surface area contributed by atoms with Gasteiger partial charge in [-0.1, -0.05) is 24.3 Å². The molecule has 0 radical (unpaired) electrons. The van der Waals surface area contributed by atoms with Gasteiger partial charge in [0.25, 0.3) is 11.1 Å². The highest BCUT2D eigenvalue weighted by Crippen LogP contribution is 2.30. The molecule has 0 amide bonds. The Kier molecular flexibility index (Phi) is 7.97. The largest absolute Gasteiger partial charge is 0.461 e. The van der Waals surface area contributed by atoms with Gasteiger partial charge in [0.2, 0.25) is 0 Å². The number of halogens is 1. The number of nitrogens with one attached hydrogen (secondary N) is 1. The number of esters is 1. The number of nitrogens with zero attached hydrogens (tertiary/aromatic N) is 7. The third-order valence-electron chi connectivity index (χ3n) is 8.70. The van der Waals surface area contributed by atoms with E-state index in [9.17, 15) is 14.4 Å². The van der Waals surface area contributed by atoms with Gasteiger partial charge in [-0.05, 0) is 36.8 Å². The maximum absolute atomic E-state index is 15.3. The summed E-state index contributed by atoms with van der Waals surface area (Å²) in [6, 6.07) is 11.9. The summed E-state index contributed by atoms with van der Waals surface area (Å²) < 4.78 is 30.3. The number of allylic oxidation sites excluding steroid dienone is 1. The summed E-state index contributed by atoms with van der Waals surface area (Å²) in [6.07, 6.45) is 1.41. The summed E-state index contributed by atoms with van der Waals surface area (Å²) in [5.74, 6) is -0.732. The molecule has 13 nitrogen and oxygen atoms in total. The minimum Gasteiger partial charge on any atom is -0.461 e. The van der Waals surface area contributed by atoms with E-state index in [4.69, 9.17) is 9.47 Å². The number of hydrogen-bond acceptors (Lipinski definition) is 10.